The number of benzene rings is 2. The Hall–Kier alpha value is -2.47. The van der Waals surface area contributed by atoms with Gasteiger partial charge in [0.2, 0.25) is 5.78 Å². The molecule has 0 radical (unpaired) electrons. The summed E-state index contributed by atoms with van der Waals surface area (Å²) in [6, 6.07) is 9.74. The van der Waals surface area contributed by atoms with Gasteiger partial charge in [0.15, 0.2) is 16.4 Å². The molecule has 25 heavy (non-hydrogen) atoms. The lowest BCUT2D eigenvalue weighted by molar-refractivity contribution is 0.0473. The molecule has 2 aromatic carbocycles. The number of ether oxygens (including phenoxy) is 1. The first kappa shape index (κ1) is 18.9. The van der Waals surface area contributed by atoms with Gasteiger partial charge < -0.3 is 4.74 Å². The van der Waals surface area contributed by atoms with Crippen LogP contribution in [-0.4, -0.2) is 33.0 Å². The van der Waals surface area contributed by atoms with Crippen molar-refractivity contribution in [3.8, 4) is 0 Å². The number of esters is 1. The standard InChI is InChI=1S/C19H20O5S/c1-12-5-6-13(2)16(9-12)18(20)11-24-19(21)17-10-15(25(4,22)23)8-7-14(17)3/h5-10H,11H2,1-4H3. The molecule has 0 atom stereocenters. The summed E-state index contributed by atoms with van der Waals surface area (Å²) in [5, 5.41) is 0. The van der Waals surface area contributed by atoms with Crippen LogP contribution >= 0.6 is 0 Å². The smallest absolute Gasteiger partial charge is 0.338 e. The molecule has 0 saturated carbocycles. The SMILES string of the molecule is Cc1ccc(C)c(C(=O)COC(=O)c2cc(S(C)(=O)=O)ccc2C)c1. The number of ketones is 1. The van der Waals surface area contributed by atoms with E-state index < -0.39 is 22.4 Å². The fraction of sp³-hybridized carbons (Fsp3) is 0.263. The van der Waals surface area contributed by atoms with E-state index in [0.717, 1.165) is 17.4 Å². The number of aryl methyl sites for hydroxylation is 3. The van der Waals surface area contributed by atoms with Gasteiger partial charge in [0, 0.05) is 11.8 Å². The first-order valence-electron chi connectivity index (χ1n) is 7.68. The molecule has 0 aliphatic heterocycles. The minimum Gasteiger partial charge on any atom is -0.454 e. The Morgan fingerprint density at radius 2 is 1.52 bits per heavy atom. The normalized spacial score (nSPS) is 11.2. The molecule has 0 fully saturated rings. The summed E-state index contributed by atoms with van der Waals surface area (Å²) in [5.74, 6) is -1.02. The molecular weight excluding hydrogens is 340 g/mol. The molecule has 0 bridgehead atoms. The van der Waals surface area contributed by atoms with E-state index in [0.29, 0.717) is 11.1 Å². The van der Waals surface area contributed by atoms with Gasteiger partial charge in [-0.15, -0.1) is 0 Å². The molecule has 132 valence electrons. The number of rotatable bonds is 5. The maximum Gasteiger partial charge on any atom is 0.338 e. The molecule has 0 saturated heterocycles. The van der Waals surface area contributed by atoms with E-state index in [1.807, 2.05) is 26.0 Å². The fourth-order valence-corrected chi connectivity index (χ4v) is 3.02. The summed E-state index contributed by atoms with van der Waals surface area (Å²) in [4.78, 5) is 24.6. The zero-order chi connectivity index (χ0) is 18.8. The lowest BCUT2D eigenvalue weighted by atomic mass is 10.0. The van der Waals surface area contributed by atoms with Crippen LogP contribution in [0.1, 0.15) is 37.4 Å². The Bertz CT molecular complexity index is 942. The van der Waals surface area contributed by atoms with Crippen molar-refractivity contribution in [1.82, 2.24) is 0 Å². The first-order chi connectivity index (χ1) is 11.6. The summed E-state index contributed by atoms with van der Waals surface area (Å²) >= 11 is 0. The number of carbonyl (C=O) groups is 2. The Morgan fingerprint density at radius 3 is 2.16 bits per heavy atom. The predicted molar refractivity (Wildman–Crippen MR) is 94.8 cm³/mol. The lowest BCUT2D eigenvalue weighted by Gasteiger charge is -2.10. The van der Waals surface area contributed by atoms with E-state index in [9.17, 15) is 18.0 Å². The van der Waals surface area contributed by atoms with Crippen molar-refractivity contribution < 1.29 is 22.7 Å². The Balaban J connectivity index is 2.18. The minimum atomic E-state index is -3.43. The number of hydrogen-bond acceptors (Lipinski definition) is 5. The first-order valence-corrected chi connectivity index (χ1v) is 9.57. The van der Waals surface area contributed by atoms with E-state index in [2.05, 4.69) is 0 Å². The molecule has 0 aliphatic carbocycles. The van der Waals surface area contributed by atoms with Crippen molar-refractivity contribution in [2.45, 2.75) is 25.7 Å². The van der Waals surface area contributed by atoms with Crippen LogP contribution in [0.2, 0.25) is 0 Å². The van der Waals surface area contributed by atoms with E-state index >= 15 is 0 Å². The van der Waals surface area contributed by atoms with Crippen LogP contribution in [0, 0.1) is 20.8 Å². The maximum atomic E-state index is 12.3. The highest BCUT2D eigenvalue weighted by Gasteiger charge is 2.18. The van der Waals surface area contributed by atoms with Gasteiger partial charge in [-0.1, -0.05) is 23.8 Å². The van der Waals surface area contributed by atoms with Gasteiger partial charge in [0.25, 0.3) is 0 Å². The number of hydrogen-bond donors (Lipinski definition) is 0. The minimum absolute atomic E-state index is 0.0332. The largest absolute Gasteiger partial charge is 0.454 e. The van der Waals surface area contributed by atoms with Gasteiger partial charge in [-0.2, -0.15) is 0 Å². The second-order valence-corrected chi connectivity index (χ2v) is 8.08. The summed E-state index contributed by atoms with van der Waals surface area (Å²) in [6.45, 7) is 4.97. The predicted octanol–water partition coefficient (Wildman–Crippen LogP) is 3.06. The fourth-order valence-electron chi connectivity index (χ4n) is 2.37. The molecule has 5 nitrogen and oxygen atoms in total. The molecule has 0 amide bonds. The van der Waals surface area contributed by atoms with Crippen LogP contribution in [0.3, 0.4) is 0 Å². The Kier molecular flexibility index (Phi) is 5.42. The zero-order valence-electron chi connectivity index (χ0n) is 14.6. The summed E-state index contributed by atoms with van der Waals surface area (Å²) in [5.41, 5.74) is 2.97. The number of sulfone groups is 1. The van der Waals surface area contributed by atoms with Crippen molar-refractivity contribution in [3.05, 3.63) is 64.2 Å². The van der Waals surface area contributed by atoms with Crippen LogP contribution in [0.4, 0.5) is 0 Å². The van der Waals surface area contributed by atoms with Gasteiger partial charge in [0.1, 0.15) is 0 Å². The van der Waals surface area contributed by atoms with Crippen LogP contribution in [-0.2, 0) is 14.6 Å². The summed E-state index contributed by atoms with van der Waals surface area (Å²) in [6.07, 6.45) is 1.07. The van der Waals surface area contributed by atoms with Gasteiger partial charge >= 0.3 is 5.97 Å². The highest BCUT2D eigenvalue weighted by Crippen LogP contribution is 2.17. The summed E-state index contributed by atoms with van der Waals surface area (Å²) < 4.78 is 28.4. The second-order valence-electron chi connectivity index (χ2n) is 6.07. The molecule has 0 aliphatic rings. The monoisotopic (exact) mass is 360 g/mol. The van der Waals surface area contributed by atoms with Crippen LogP contribution < -0.4 is 0 Å². The van der Waals surface area contributed by atoms with Crippen LogP contribution in [0.15, 0.2) is 41.3 Å². The van der Waals surface area contributed by atoms with Crippen molar-refractivity contribution in [2.75, 3.05) is 12.9 Å². The van der Waals surface area contributed by atoms with E-state index in [4.69, 9.17) is 4.74 Å². The van der Waals surface area contributed by atoms with Crippen molar-refractivity contribution in [3.63, 3.8) is 0 Å². The molecule has 0 N–H and O–H groups in total. The number of carbonyl (C=O) groups excluding carboxylic acids is 2. The third-order valence-electron chi connectivity index (χ3n) is 3.88. The van der Waals surface area contributed by atoms with Gasteiger partial charge in [0.05, 0.1) is 10.5 Å². The van der Waals surface area contributed by atoms with Crippen molar-refractivity contribution >= 4 is 21.6 Å². The lowest BCUT2D eigenvalue weighted by Crippen LogP contribution is -2.16. The Labute approximate surface area is 147 Å². The topological polar surface area (TPSA) is 77.5 Å². The van der Waals surface area contributed by atoms with Gasteiger partial charge in [-0.25, -0.2) is 13.2 Å². The quantitative estimate of drug-likeness (QED) is 0.605. The number of Topliss-reactive ketones (excluding diaryl/α,β-unsaturated/α-hetero) is 1. The van der Waals surface area contributed by atoms with E-state index in [1.54, 1.807) is 19.1 Å². The zero-order valence-corrected chi connectivity index (χ0v) is 15.4. The molecular formula is C19H20O5S. The molecule has 2 aromatic rings. The average molecular weight is 360 g/mol. The van der Waals surface area contributed by atoms with Gasteiger partial charge in [-0.3, -0.25) is 4.79 Å². The molecule has 0 heterocycles. The molecule has 2 rings (SSSR count). The van der Waals surface area contributed by atoms with Gasteiger partial charge in [-0.05, 0) is 50.1 Å². The molecule has 0 aromatic heterocycles. The van der Waals surface area contributed by atoms with Crippen molar-refractivity contribution in [1.29, 1.82) is 0 Å². The summed E-state index contributed by atoms with van der Waals surface area (Å²) in [7, 11) is -3.43. The molecule has 0 spiro atoms. The van der Waals surface area contributed by atoms with E-state index in [1.165, 1.54) is 12.1 Å². The third-order valence-corrected chi connectivity index (χ3v) is 5.00. The van der Waals surface area contributed by atoms with Crippen LogP contribution in [0.5, 0.6) is 0 Å². The second kappa shape index (κ2) is 7.19. The van der Waals surface area contributed by atoms with Crippen LogP contribution in [0.25, 0.3) is 0 Å². The maximum absolute atomic E-state index is 12.3. The molecule has 6 heteroatoms. The third kappa shape index (κ3) is 4.54. The average Bonchev–Trinajstić information content (AvgIpc) is 2.53. The van der Waals surface area contributed by atoms with Crippen molar-refractivity contribution in [2.24, 2.45) is 0 Å². The highest BCUT2D eigenvalue weighted by atomic mass is 32.2. The van der Waals surface area contributed by atoms with E-state index in [-0.39, 0.29) is 16.2 Å². The molecule has 0 unspecified atom stereocenters. The Morgan fingerprint density at radius 1 is 0.920 bits per heavy atom. The highest BCUT2D eigenvalue weighted by molar-refractivity contribution is 7.90.